The second kappa shape index (κ2) is 9.43. The average Bonchev–Trinajstić information content (AvgIpc) is 2.82. The van der Waals surface area contributed by atoms with Crippen LogP contribution in [0.5, 0.6) is 11.5 Å². The summed E-state index contributed by atoms with van der Waals surface area (Å²) in [6, 6.07) is 21.2. The van der Waals surface area contributed by atoms with Crippen LogP contribution in [0.25, 0.3) is 0 Å². The number of hydrogen-bond acceptors (Lipinski definition) is 4. The van der Waals surface area contributed by atoms with Crippen molar-refractivity contribution >= 4 is 27.7 Å². The number of carbonyl (C=O) groups is 1. The SMILES string of the molecule is COc1cc2c(cc1Br)CCC(c1ccccc1OC)N2C(=O)OCc1ccccc1. The molecular formula is C25H24BrNO4. The Morgan fingerprint density at radius 3 is 2.45 bits per heavy atom. The predicted octanol–water partition coefficient (Wildman–Crippen LogP) is 6.30. The van der Waals surface area contributed by atoms with Crippen LogP contribution < -0.4 is 14.4 Å². The van der Waals surface area contributed by atoms with E-state index < -0.39 is 6.09 Å². The monoisotopic (exact) mass is 481 g/mol. The zero-order valence-corrected chi connectivity index (χ0v) is 19.1. The number of para-hydroxylation sites is 1. The highest BCUT2D eigenvalue weighted by atomic mass is 79.9. The molecule has 0 N–H and O–H groups in total. The maximum Gasteiger partial charge on any atom is 0.415 e. The van der Waals surface area contributed by atoms with Crippen molar-refractivity contribution < 1.29 is 19.0 Å². The van der Waals surface area contributed by atoms with Crippen LogP contribution >= 0.6 is 15.9 Å². The van der Waals surface area contributed by atoms with Crippen LogP contribution in [-0.2, 0) is 17.8 Å². The third kappa shape index (κ3) is 4.39. The van der Waals surface area contributed by atoms with E-state index in [1.54, 1.807) is 19.1 Å². The molecule has 1 atom stereocenters. The molecule has 1 amide bonds. The second-order valence-electron chi connectivity index (χ2n) is 7.32. The summed E-state index contributed by atoms with van der Waals surface area (Å²) in [6.45, 7) is 0.206. The molecule has 0 spiro atoms. The van der Waals surface area contributed by atoms with Gasteiger partial charge >= 0.3 is 6.09 Å². The van der Waals surface area contributed by atoms with Crippen LogP contribution in [0.1, 0.15) is 29.2 Å². The van der Waals surface area contributed by atoms with E-state index in [1.807, 2.05) is 66.7 Å². The number of amides is 1. The standard InChI is InChI=1S/C25H24BrNO4/c1-29-23-11-7-6-10-19(23)21-13-12-18-14-20(26)24(30-2)15-22(18)27(21)25(28)31-16-17-8-4-3-5-9-17/h3-11,14-15,21H,12-13,16H2,1-2H3. The van der Waals surface area contributed by atoms with E-state index in [1.165, 1.54) is 0 Å². The lowest BCUT2D eigenvalue weighted by Crippen LogP contribution is -2.39. The number of hydrogen-bond donors (Lipinski definition) is 0. The lowest BCUT2D eigenvalue weighted by atomic mass is 9.91. The summed E-state index contributed by atoms with van der Waals surface area (Å²) in [5, 5.41) is 0. The Morgan fingerprint density at radius 2 is 1.71 bits per heavy atom. The highest BCUT2D eigenvalue weighted by molar-refractivity contribution is 9.10. The largest absolute Gasteiger partial charge is 0.496 e. The summed E-state index contributed by atoms with van der Waals surface area (Å²) in [4.78, 5) is 15.1. The van der Waals surface area contributed by atoms with Crippen molar-refractivity contribution in [1.82, 2.24) is 0 Å². The molecule has 31 heavy (non-hydrogen) atoms. The Morgan fingerprint density at radius 1 is 1.00 bits per heavy atom. The third-order valence-electron chi connectivity index (χ3n) is 5.51. The predicted molar refractivity (Wildman–Crippen MR) is 124 cm³/mol. The number of halogens is 1. The van der Waals surface area contributed by atoms with Gasteiger partial charge in [0.05, 0.1) is 30.4 Å². The minimum Gasteiger partial charge on any atom is -0.496 e. The van der Waals surface area contributed by atoms with E-state index in [9.17, 15) is 4.79 Å². The van der Waals surface area contributed by atoms with Crippen molar-refractivity contribution in [3.8, 4) is 11.5 Å². The molecule has 0 saturated heterocycles. The van der Waals surface area contributed by atoms with Crippen LogP contribution in [0.15, 0.2) is 71.2 Å². The zero-order valence-electron chi connectivity index (χ0n) is 17.5. The molecule has 3 aromatic carbocycles. The topological polar surface area (TPSA) is 48.0 Å². The molecule has 0 aliphatic carbocycles. The van der Waals surface area contributed by atoms with E-state index in [0.717, 1.165) is 45.4 Å². The van der Waals surface area contributed by atoms with Gasteiger partial charge in [-0.05, 0) is 52.0 Å². The number of ether oxygens (including phenoxy) is 3. The molecule has 0 fully saturated rings. The Bertz CT molecular complexity index is 1070. The molecule has 1 heterocycles. The second-order valence-corrected chi connectivity index (χ2v) is 8.18. The van der Waals surface area contributed by atoms with Crippen LogP contribution in [0.2, 0.25) is 0 Å². The molecule has 4 rings (SSSR count). The number of anilines is 1. The number of rotatable bonds is 5. The first kappa shape index (κ1) is 21.2. The average molecular weight is 482 g/mol. The molecule has 0 saturated carbocycles. The smallest absolute Gasteiger partial charge is 0.415 e. The summed E-state index contributed by atoms with van der Waals surface area (Å²) < 4.78 is 17.7. The van der Waals surface area contributed by atoms with Gasteiger partial charge in [-0.25, -0.2) is 4.79 Å². The third-order valence-corrected chi connectivity index (χ3v) is 6.13. The number of fused-ring (bicyclic) bond motifs is 1. The zero-order chi connectivity index (χ0) is 21.8. The van der Waals surface area contributed by atoms with E-state index in [2.05, 4.69) is 15.9 Å². The van der Waals surface area contributed by atoms with Crippen LogP contribution in [0.3, 0.4) is 0 Å². The van der Waals surface area contributed by atoms with Crippen LogP contribution in [0.4, 0.5) is 10.5 Å². The molecule has 1 aliphatic rings. The molecule has 5 nitrogen and oxygen atoms in total. The molecule has 3 aromatic rings. The van der Waals surface area contributed by atoms with E-state index >= 15 is 0 Å². The first-order chi connectivity index (χ1) is 15.1. The Balaban J connectivity index is 1.74. The van der Waals surface area contributed by atoms with Crippen molar-refractivity contribution in [2.24, 2.45) is 0 Å². The van der Waals surface area contributed by atoms with Gasteiger partial charge in [-0.2, -0.15) is 0 Å². The summed E-state index contributed by atoms with van der Waals surface area (Å²) in [5.74, 6) is 1.42. The first-order valence-electron chi connectivity index (χ1n) is 10.1. The van der Waals surface area contributed by atoms with Gasteiger partial charge in [0.2, 0.25) is 0 Å². The van der Waals surface area contributed by atoms with E-state index in [4.69, 9.17) is 14.2 Å². The highest BCUT2D eigenvalue weighted by Crippen LogP contribution is 2.45. The van der Waals surface area contributed by atoms with Crippen molar-refractivity contribution in [2.45, 2.75) is 25.5 Å². The molecule has 0 aromatic heterocycles. The number of nitrogens with zero attached hydrogens (tertiary/aromatic N) is 1. The van der Waals surface area contributed by atoms with Gasteiger partial charge in [0, 0.05) is 11.6 Å². The summed E-state index contributed by atoms with van der Waals surface area (Å²) in [7, 11) is 3.26. The summed E-state index contributed by atoms with van der Waals surface area (Å²) in [5.41, 5.74) is 3.75. The Labute approximate surface area is 190 Å². The molecule has 0 bridgehead atoms. The first-order valence-corrected chi connectivity index (χ1v) is 10.9. The number of methoxy groups -OCH3 is 2. The normalized spacial score (nSPS) is 15.2. The number of carbonyl (C=O) groups excluding carboxylic acids is 1. The molecular weight excluding hydrogens is 458 g/mol. The van der Waals surface area contributed by atoms with Gasteiger partial charge in [0.1, 0.15) is 18.1 Å². The van der Waals surface area contributed by atoms with Crippen molar-refractivity contribution in [3.63, 3.8) is 0 Å². The highest BCUT2D eigenvalue weighted by Gasteiger charge is 2.35. The maximum absolute atomic E-state index is 13.4. The minimum atomic E-state index is -0.398. The minimum absolute atomic E-state index is 0.206. The lowest BCUT2D eigenvalue weighted by Gasteiger charge is -2.37. The van der Waals surface area contributed by atoms with Crippen LogP contribution in [0, 0.1) is 0 Å². The Kier molecular flexibility index (Phi) is 6.47. The molecule has 1 aliphatic heterocycles. The number of aryl methyl sites for hydroxylation is 1. The molecule has 6 heteroatoms. The number of benzene rings is 3. The van der Waals surface area contributed by atoms with Crippen molar-refractivity contribution in [1.29, 1.82) is 0 Å². The fraction of sp³-hybridized carbons (Fsp3) is 0.240. The van der Waals surface area contributed by atoms with E-state index in [0.29, 0.717) is 5.75 Å². The fourth-order valence-corrected chi connectivity index (χ4v) is 4.56. The van der Waals surface area contributed by atoms with Gasteiger partial charge in [-0.15, -0.1) is 0 Å². The fourth-order valence-electron chi connectivity index (χ4n) is 4.00. The van der Waals surface area contributed by atoms with Crippen molar-refractivity contribution in [3.05, 3.63) is 87.9 Å². The van der Waals surface area contributed by atoms with Crippen LogP contribution in [-0.4, -0.2) is 20.3 Å². The van der Waals surface area contributed by atoms with Gasteiger partial charge in [-0.1, -0.05) is 48.5 Å². The Hall–Kier alpha value is -2.99. The summed E-state index contributed by atoms with van der Waals surface area (Å²) in [6.07, 6.45) is 1.18. The van der Waals surface area contributed by atoms with Gasteiger partial charge < -0.3 is 14.2 Å². The van der Waals surface area contributed by atoms with Crippen molar-refractivity contribution in [2.75, 3.05) is 19.1 Å². The lowest BCUT2D eigenvalue weighted by molar-refractivity contribution is 0.143. The van der Waals surface area contributed by atoms with Gasteiger partial charge in [0.15, 0.2) is 0 Å². The van der Waals surface area contributed by atoms with Gasteiger partial charge in [0.25, 0.3) is 0 Å². The molecule has 0 radical (unpaired) electrons. The maximum atomic E-state index is 13.4. The molecule has 160 valence electrons. The quantitative estimate of drug-likeness (QED) is 0.429. The molecule has 1 unspecified atom stereocenters. The van der Waals surface area contributed by atoms with E-state index in [-0.39, 0.29) is 12.6 Å². The summed E-state index contributed by atoms with van der Waals surface area (Å²) >= 11 is 3.56. The van der Waals surface area contributed by atoms with Gasteiger partial charge in [-0.3, -0.25) is 4.90 Å².